The molecule has 0 spiro atoms. The minimum atomic E-state index is 0.132. The van der Waals surface area contributed by atoms with Crippen LogP contribution in [0.2, 0.25) is 0 Å². The van der Waals surface area contributed by atoms with Gasteiger partial charge in [0.1, 0.15) is 0 Å². The minimum absolute atomic E-state index is 0.132. The second-order valence-corrected chi connectivity index (χ2v) is 10.5. The summed E-state index contributed by atoms with van der Waals surface area (Å²) in [6, 6.07) is 18.0. The van der Waals surface area contributed by atoms with E-state index in [2.05, 4.69) is 107 Å². The third-order valence-electron chi connectivity index (χ3n) is 6.66. The van der Waals surface area contributed by atoms with Crippen LogP contribution in [0.5, 0.6) is 0 Å². The highest BCUT2D eigenvalue weighted by atomic mass is 16.5. The summed E-state index contributed by atoms with van der Waals surface area (Å²) in [7, 11) is 0. The second kappa shape index (κ2) is 10.6. The molecule has 0 radical (unpaired) electrons. The van der Waals surface area contributed by atoms with Crippen LogP contribution in [-0.4, -0.2) is 36.3 Å². The second-order valence-electron chi connectivity index (χ2n) is 10.5. The first-order chi connectivity index (χ1) is 15.6. The maximum absolute atomic E-state index is 6.67. The summed E-state index contributed by atoms with van der Waals surface area (Å²) in [6.45, 7) is 17.5. The molecule has 0 bridgehead atoms. The Kier molecular flexibility index (Phi) is 8.06. The standard InChI is InChI=1S/C28H42N4O/c1-8-20(2)24-11-15-26(16-12-24)31(17-23-9-13-25(14-10-23)28(5,6)7)27(29)30-32-21(3)18-33-19-22(32)4/h9-16,20-22H,8,17-19H2,1-7H3,(H2,29,30). The quantitative estimate of drug-likeness (QED) is 0.443. The molecule has 1 aliphatic rings. The van der Waals surface area contributed by atoms with E-state index in [0.717, 1.165) is 12.1 Å². The Labute approximate surface area is 200 Å². The third kappa shape index (κ3) is 6.29. The average Bonchev–Trinajstić information content (AvgIpc) is 2.79. The Morgan fingerprint density at radius 2 is 1.64 bits per heavy atom. The maximum Gasteiger partial charge on any atom is 0.218 e. The molecular formula is C28H42N4O. The number of hydrogen-bond donors (Lipinski definition) is 1. The highest BCUT2D eigenvalue weighted by Crippen LogP contribution is 2.26. The van der Waals surface area contributed by atoms with Crippen LogP contribution in [0, 0.1) is 0 Å². The van der Waals surface area contributed by atoms with Gasteiger partial charge in [-0.25, -0.2) is 0 Å². The van der Waals surface area contributed by atoms with E-state index in [1.807, 2.05) is 0 Å². The van der Waals surface area contributed by atoms with Crippen LogP contribution in [0.3, 0.4) is 0 Å². The van der Waals surface area contributed by atoms with Crippen LogP contribution in [0.25, 0.3) is 0 Å². The summed E-state index contributed by atoms with van der Waals surface area (Å²) >= 11 is 0. The van der Waals surface area contributed by atoms with E-state index in [-0.39, 0.29) is 17.5 Å². The van der Waals surface area contributed by atoms with E-state index in [9.17, 15) is 0 Å². The lowest BCUT2D eigenvalue weighted by Crippen LogP contribution is -2.49. The Bertz CT molecular complexity index is 904. The molecule has 2 aromatic carbocycles. The number of anilines is 1. The number of hydrogen-bond acceptors (Lipinski definition) is 3. The molecule has 180 valence electrons. The average molecular weight is 451 g/mol. The summed E-state index contributed by atoms with van der Waals surface area (Å²) in [5.41, 5.74) is 11.7. The van der Waals surface area contributed by atoms with E-state index in [1.54, 1.807) is 0 Å². The number of benzene rings is 2. The number of nitrogens with two attached hydrogens (primary N) is 1. The molecule has 1 heterocycles. The zero-order valence-electron chi connectivity index (χ0n) is 21.5. The smallest absolute Gasteiger partial charge is 0.218 e. The third-order valence-corrected chi connectivity index (χ3v) is 6.66. The summed E-state index contributed by atoms with van der Waals surface area (Å²) in [5.74, 6) is 1.05. The Hall–Kier alpha value is -2.53. The molecule has 0 aliphatic carbocycles. The summed E-state index contributed by atoms with van der Waals surface area (Å²) in [4.78, 5) is 2.11. The number of nitrogens with zero attached hydrogens (tertiary/aromatic N) is 3. The van der Waals surface area contributed by atoms with Gasteiger partial charge in [0.15, 0.2) is 0 Å². The van der Waals surface area contributed by atoms with Crippen LogP contribution in [0.4, 0.5) is 5.69 Å². The monoisotopic (exact) mass is 450 g/mol. The van der Waals surface area contributed by atoms with E-state index in [4.69, 9.17) is 15.6 Å². The van der Waals surface area contributed by atoms with Crippen molar-refractivity contribution >= 4 is 11.6 Å². The highest BCUT2D eigenvalue weighted by Gasteiger charge is 2.25. The van der Waals surface area contributed by atoms with Crippen molar-refractivity contribution in [1.82, 2.24) is 5.01 Å². The van der Waals surface area contributed by atoms with Crippen LogP contribution in [0.15, 0.2) is 53.6 Å². The summed E-state index contributed by atoms with van der Waals surface area (Å²) in [6.07, 6.45) is 1.12. The van der Waals surface area contributed by atoms with Crippen LogP contribution in [-0.2, 0) is 16.7 Å². The van der Waals surface area contributed by atoms with Gasteiger partial charge in [0.2, 0.25) is 5.96 Å². The SMILES string of the molecule is CCC(C)c1ccc(N(Cc2ccc(C(C)(C)C)cc2)C(N)=NN2C(C)COCC2C)cc1. The first-order valence-corrected chi connectivity index (χ1v) is 12.3. The van der Waals surface area contributed by atoms with Gasteiger partial charge in [-0.3, -0.25) is 5.01 Å². The summed E-state index contributed by atoms with van der Waals surface area (Å²) in [5, 5.41) is 6.96. The maximum atomic E-state index is 6.67. The van der Waals surface area contributed by atoms with Crippen molar-refractivity contribution in [3.05, 3.63) is 65.2 Å². The van der Waals surface area contributed by atoms with Crippen molar-refractivity contribution in [1.29, 1.82) is 0 Å². The number of rotatable bonds is 6. The first kappa shape index (κ1) is 25.1. The van der Waals surface area contributed by atoms with Crippen LogP contribution in [0.1, 0.15) is 77.5 Å². The molecule has 2 N–H and O–H groups in total. The van der Waals surface area contributed by atoms with Crippen molar-refractivity contribution in [2.24, 2.45) is 10.8 Å². The van der Waals surface area contributed by atoms with E-state index < -0.39 is 0 Å². The molecule has 3 atom stereocenters. The molecule has 0 amide bonds. The van der Waals surface area contributed by atoms with Gasteiger partial charge >= 0.3 is 0 Å². The summed E-state index contributed by atoms with van der Waals surface area (Å²) < 4.78 is 5.67. The van der Waals surface area contributed by atoms with E-state index in [1.165, 1.54) is 16.7 Å². The number of guanidine groups is 1. The van der Waals surface area contributed by atoms with Crippen LogP contribution >= 0.6 is 0 Å². The lowest BCUT2D eigenvalue weighted by atomic mass is 9.87. The minimum Gasteiger partial charge on any atom is -0.377 e. The largest absolute Gasteiger partial charge is 0.377 e. The molecule has 3 unspecified atom stereocenters. The van der Waals surface area contributed by atoms with E-state index >= 15 is 0 Å². The molecule has 5 heteroatoms. The topological polar surface area (TPSA) is 54.1 Å². The van der Waals surface area contributed by atoms with Gasteiger partial charge in [-0.15, -0.1) is 5.10 Å². The Morgan fingerprint density at radius 1 is 1.06 bits per heavy atom. The molecule has 0 aromatic heterocycles. The van der Waals surface area contributed by atoms with Crippen molar-refractivity contribution < 1.29 is 4.74 Å². The molecule has 1 aliphatic heterocycles. The molecule has 5 nitrogen and oxygen atoms in total. The van der Waals surface area contributed by atoms with Crippen LogP contribution < -0.4 is 10.6 Å². The molecule has 0 saturated carbocycles. The fraction of sp³-hybridized carbons (Fsp3) is 0.536. The fourth-order valence-corrected chi connectivity index (χ4v) is 4.18. The normalized spacial score (nSPS) is 20.6. The molecule has 1 fully saturated rings. The van der Waals surface area contributed by atoms with Gasteiger partial charge in [0, 0.05) is 5.69 Å². The molecular weight excluding hydrogens is 408 g/mol. The van der Waals surface area contributed by atoms with Gasteiger partial charge in [-0.1, -0.05) is 71.0 Å². The van der Waals surface area contributed by atoms with Crippen molar-refractivity contribution in [2.75, 3.05) is 18.1 Å². The molecule has 3 rings (SSSR count). The zero-order valence-corrected chi connectivity index (χ0v) is 21.5. The predicted molar refractivity (Wildman–Crippen MR) is 140 cm³/mol. The van der Waals surface area contributed by atoms with Gasteiger partial charge < -0.3 is 15.4 Å². The highest BCUT2D eigenvalue weighted by molar-refractivity contribution is 5.94. The number of morpholine rings is 1. The lowest BCUT2D eigenvalue weighted by Gasteiger charge is -2.37. The zero-order chi connectivity index (χ0) is 24.2. The van der Waals surface area contributed by atoms with Gasteiger partial charge in [0.05, 0.1) is 31.8 Å². The lowest BCUT2D eigenvalue weighted by molar-refractivity contribution is -0.0356. The molecule has 1 saturated heterocycles. The van der Waals surface area contributed by atoms with E-state index in [0.29, 0.717) is 31.6 Å². The predicted octanol–water partition coefficient (Wildman–Crippen LogP) is 5.84. The van der Waals surface area contributed by atoms with Gasteiger partial charge in [0.25, 0.3) is 0 Å². The fourth-order valence-electron chi connectivity index (χ4n) is 4.18. The van der Waals surface area contributed by atoms with Gasteiger partial charge in [-0.05, 0) is 60.4 Å². The molecule has 2 aromatic rings. The van der Waals surface area contributed by atoms with Crippen molar-refractivity contribution in [3.63, 3.8) is 0 Å². The van der Waals surface area contributed by atoms with Gasteiger partial charge in [-0.2, -0.15) is 0 Å². The molecule has 33 heavy (non-hydrogen) atoms. The number of ether oxygens (including phenoxy) is 1. The Morgan fingerprint density at radius 3 is 2.15 bits per heavy atom. The first-order valence-electron chi connectivity index (χ1n) is 12.3. The van der Waals surface area contributed by atoms with Crippen molar-refractivity contribution in [2.45, 2.75) is 84.8 Å². The van der Waals surface area contributed by atoms with Crippen molar-refractivity contribution in [3.8, 4) is 0 Å². The Balaban J connectivity index is 1.92. The number of hydrazone groups is 1.